The van der Waals surface area contributed by atoms with Gasteiger partial charge in [-0.3, -0.25) is 0 Å². The third-order valence-electron chi connectivity index (χ3n) is 3.39. The summed E-state index contributed by atoms with van der Waals surface area (Å²) < 4.78 is 4.93. The van der Waals surface area contributed by atoms with Crippen molar-refractivity contribution in [1.29, 1.82) is 0 Å². The van der Waals surface area contributed by atoms with Gasteiger partial charge in [0.1, 0.15) is 0 Å². The zero-order valence-corrected chi connectivity index (χ0v) is 10.9. The number of benzene rings is 1. The lowest BCUT2D eigenvalue weighted by Gasteiger charge is -2.10. The lowest BCUT2D eigenvalue weighted by atomic mass is 10.1. The fourth-order valence-corrected chi connectivity index (χ4v) is 1.99. The van der Waals surface area contributed by atoms with Gasteiger partial charge >= 0.3 is 5.97 Å². The number of nitrogens with two attached hydrogens (primary N) is 1. The van der Waals surface area contributed by atoms with Gasteiger partial charge in [0.05, 0.1) is 23.5 Å². The lowest BCUT2D eigenvalue weighted by Crippen LogP contribution is -2.09. The molecule has 4 heteroatoms. The topological polar surface area (TPSA) is 64.3 Å². The Labute approximate surface area is 108 Å². The molecule has 18 heavy (non-hydrogen) atoms. The van der Waals surface area contributed by atoms with Crippen LogP contribution in [0.1, 0.15) is 30.6 Å². The first-order chi connectivity index (χ1) is 8.61. The quantitative estimate of drug-likeness (QED) is 0.620. The number of nitrogens with one attached hydrogen (secondary N) is 1. The van der Waals surface area contributed by atoms with Crippen molar-refractivity contribution in [2.24, 2.45) is 11.8 Å². The Morgan fingerprint density at radius 3 is 2.83 bits per heavy atom. The van der Waals surface area contributed by atoms with Crippen molar-refractivity contribution in [3.8, 4) is 0 Å². The van der Waals surface area contributed by atoms with Crippen molar-refractivity contribution in [2.75, 3.05) is 24.2 Å². The van der Waals surface area contributed by atoms with Crippen LogP contribution in [0, 0.1) is 11.8 Å². The summed E-state index contributed by atoms with van der Waals surface area (Å²) in [7, 11) is 0. The van der Waals surface area contributed by atoms with Crippen molar-refractivity contribution < 1.29 is 9.53 Å². The molecular formula is C14H20N2O2. The fourth-order valence-electron chi connectivity index (χ4n) is 1.99. The van der Waals surface area contributed by atoms with E-state index in [-0.39, 0.29) is 5.97 Å². The van der Waals surface area contributed by atoms with Crippen molar-refractivity contribution in [3.63, 3.8) is 0 Å². The van der Waals surface area contributed by atoms with E-state index in [9.17, 15) is 4.79 Å². The van der Waals surface area contributed by atoms with Crippen LogP contribution in [-0.2, 0) is 4.74 Å². The first kappa shape index (κ1) is 12.7. The lowest BCUT2D eigenvalue weighted by molar-refractivity contribution is 0.0526. The van der Waals surface area contributed by atoms with Gasteiger partial charge in [0.2, 0.25) is 0 Å². The molecule has 98 valence electrons. The van der Waals surface area contributed by atoms with E-state index in [0.29, 0.717) is 17.9 Å². The molecule has 0 aromatic heterocycles. The summed E-state index contributed by atoms with van der Waals surface area (Å²) in [6, 6.07) is 5.25. The summed E-state index contributed by atoms with van der Waals surface area (Å²) in [6.45, 7) is 5.36. The largest absolute Gasteiger partial charge is 0.462 e. The Hall–Kier alpha value is -1.71. The first-order valence-corrected chi connectivity index (χ1v) is 6.42. The van der Waals surface area contributed by atoms with E-state index in [1.165, 1.54) is 6.42 Å². The summed E-state index contributed by atoms with van der Waals surface area (Å²) in [5.41, 5.74) is 7.91. The summed E-state index contributed by atoms with van der Waals surface area (Å²) >= 11 is 0. The van der Waals surface area contributed by atoms with Gasteiger partial charge < -0.3 is 15.8 Å². The number of nitrogen functional groups attached to an aromatic ring is 1. The van der Waals surface area contributed by atoms with Gasteiger partial charge in [-0.1, -0.05) is 6.92 Å². The third kappa shape index (κ3) is 2.94. The summed E-state index contributed by atoms with van der Waals surface area (Å²) in [5, 5.41) is 3.33. The SMILES string of the molecule is CCOC(=O)c1ccc(NCC2CC2C)c(N)c1. The molecule has 3 N–H and O–H groups in total. The second kappa shape index (κ2) is 5.29. The molecule has 1 aromatic carbocycles. The second-order valence-corrected chi connectivity index (χ2v) is 4.88. The number of hydrogen-bond donors (Lipinski definition) is 2. The molecule has 1 saturated carbocycles. The summed E-state index contributed by atoms with van der Waals surface area (Å²) in [4.78, 5) is 11.5. The van der Waals surface area contributed by atoms with Crippen LogP contribution in [0.5, 0.6) is 0 Å². The van der Waals surface area contributed by atoms with Crippen LogP contribution in [0.3, 0.4) is 0 Å². The van der Waals surface area contributed by atoms with Crippen LogP contribution in [0.25, 0.3) is 0 Å². The van der Waals surface area contributed by atoms with Gasteiger partial charge in [0.15, 0.2) is 0 Å². The van der Waals surface area contributed by atoms with Crippen molar-refractivity contribution in [3.05, 3.63) is 23.8 Å². The number of hydrogen-bond acceptors (Lipinski definition) is 4. The first-order valence-electron chi connectivity index (χ1n) is 6.42. The van der Waals surface area contributed by atoms with Crippen molar-refractivity contribution in [2.45, 2.75) is 20.3 Å². The number of esters is 1. The smallest absolute Gasteiger partial charge is 0.338 e. The van der Waals surface area contributed by atoms with E-state index >= 15 is 0 Å². The van der Waals surface area contributed by atoms with Crippen LogP contribution in [0.15, 0.2) is 18.2 Å². The molecule has 1 aliphatic carbocycles. The van der Waals surface area contributed by atoms with Gasteiger partial charge in [-0.2, -0.15) is 0 Å². The molecule has 0 saturated heterocycles. The molecule has 2 rings (SSSR count). The van der Waals surface area contributed by atoms with E-state index in [4.69, 9.17) is 10.5 Å². The maximum absolute atomic E-state index is 11.5. The Bertz CT molecular complexity index is 445. The van der Waals surface area contributed by atoms with Crippen LogP contribution in [-0.4, -0.2) is 19.1 Å². The van der Waals surface area contributed by atoms with E-state index in [1.807, 2.05) is 6.07 Å². The zero-order chi connectivity index (χ0) is 13.1. The number of anilines is 2. The highest BCUT2D eigenvalue weighted by molar-refractivity contribution is 5.91. The molecular weight excluding hydrogens is 228 g/mol. The Balaban J connectivity index is 1.98. The highest BCUT2D eigenvalue weighted by Gasteiger charge is 2.31. The molecule has 1 aliphatic rings. The van der Waals surface area contributed by atoms with Crippen LogP contribution in [0.4, 0.5) is 11.4 Å². The molecule has 0 spiro atoms. The van der Waals surface area contributed by atoms with Crippen molar-refractivity contribution >= 4 is 17.3 Å². The molecule has 0 radical (unpaired) electrons. The van der Waals surface area contributed by atoms with Gasteiger partial charge in [-0.15, -0.1) is 0 Å². The molecule has 0 heterocycles. The second-order valence-electron chi connectivity index (χ2n) is 4.88. The zero-order valence-electron chi connectivity index (χ0n) is 10.9. The molecule has 1 fully saturated rings. The number of rotatable bonds is 5. The number of ether oxygens (including phenoxy) is 1. The minimum atomic E-state index is -0.327. The van der Waals surface area contributed by atoms with Gasteiger partial charge in [-0.25, -0.2) is 4.79 Å². The van der Waals surface area contributed by atoms with Crippen LogP contribution in [0.2, 0.25) is 0 Å². The predicted molar refractivity (Wildman–Crippen MR) is 72.6 cm³/mol. The van der Waals surface area contributed by atoms with E-state index in [0.717, 1.165) is 24.1 Å². The molecule has 4 nitrogen and oxygen atoms in total. The van der Waals surface area contributed by atoms with Crippen LogP contribution >= 0.6 is 0 Å². The Morgan fingerprint density at radius 2 is 2.28 bits per heavy atom. The Morgan fingerprint density at radius 1 is 1.56 bits per heavy atom. The fraction of sp³-hybridized carbons (Fsp3) is 0.500. The Kier molecular flexibility index (Phi) is 3.75. The summed E-state index contributed by atoms with van der Waals surface area (Å²) in [6.07, 6.45) is 1.29. The normalized spacial score (nSPS) is 21.4. The molecule has 2 atom stereocenters. The average molecular weight is 248 g/mol. The third-order valence-corrected chi connectivity index (χ3v) is 3.39. The molecule has 0 bridgehead atoms. The minimum Gasteiger partial charge on any atom is -0.462 e. The van der Waals surface area contributed by atoms with Gasteiger partial charge in [0.25, 0.3) is 0 Å². The van der Waals surface area contributed by atoms with Gasteiger partial charge in [0, 0.05) is 6.54 Å². The monoisotopic (exact) mass is 248 g/mol. The van der Waals surface area contributed by atoms with Crippen LogP contribution < -0.4 is 11.1 Å². The molecule has 0 amide bonds. The highest BCUT2D eigenvalue weighted by Crippen LogP contribution is 2.37. The number of carbonyl (C=O) groups excluding carboxylic acids is 1. The van der Waals surface area contributed by atoms with Gasteiger partial charge in [-0.05, 0) is 43.4 Å². The highest BCUT2D eigenvalue weighted by atomic mass is 16.5. The predicted octanol–water partition coefficient (Wildman–Crippen LogP) is 2.51. The summed E-state index contributed by atoms with van der Waals surface area (Å²) in [5.74, 6) is 1.25. The van der Waals surface area contributed by atoms with E-state index < -0.39 is 0 Å². The molecule has 2 unspecified atom stereocenters. The number of carbonyl (C=O) groups is 1. The average Bonchev–Trinajstić information content (AvgIpc) is 3.04. The maximum Gasteiger partial charge on any atom is 0.338 e. The van der Waals surface area contributed by atoms with E-state index in [2.05, 4.69) is 12.2 Å². The molecule has 0 aliphatic heterocycles. The van der Waals surface area contributed by atoms with Crippen molar-refractivity contribution in [1.82, 2.24) is 0 Å². The van der Waals surface area contributed by atoms with E-state index in [1.54, 1.807) is 19.1 Å². The molecule has 1 aromatic rings. The minimum absolute atomic E-state index is 0.327. The standard InChI is InChI=1S/C14H20N2O2/c1-3-18-14(17)10-4-5-13(12(15)7-10)16-8-11-6-9(11)2/h4-5,7,9,11,16H,3,6,8,15H2,1-2H3. The maximum atomic E-state index is 11.5.